The van der Waals surface area contributed by atoms with Crippen molar-refractivity contribution in [3.8, 4) is 0 Å². The minimum atomic E-state index is 0.399. The van der Waals surface area contributed by atoms with E-state index in [4.69, 9.17) is 18.0 Å². The van der Waals surface area contributed by atoms with Crippen LogP contribution in [0.25, 0.3) is 0 Å². The normalized spacial score (nSPS) is 10.1. The van der Waals surface area contributed by atoms with Gasteiger partial charge in [-0.3, -0.25) is 0 Å². The quantitative estimate of drug-likeness (QED) is 0.771. The van der Waals surface area contributed by atoms with E-state index in [-0.39, 0.29) is 0 Å². The molecular weight excluding hydrogens is 218 g/mol. The molecule has 0 aromatic carbocycles. The van der Waals surface area contributed by atoms with Gasteiger partial charge in [-0.2, -0.15) is 0 Å². The van der Waals surface area contributed by atoms with Crippen LogP contribution in [-0.2, 0) is 0 Å². The lowest BCUT2D eigenvalue weighted by atomic mass is 10.2. The highest BCUT2D eigenvalue weighted by atomic mass is 32.1. The first kappa shape index (κ1) is 12.9. The lowest BCUT2D eigenvalue weighted by Crippen LogP contribution is -2.25. The van der Waals surface area contributed by atoms with Gasteiger partial charge in [-0.1, -0.05) is 25.6 Å². The average molecular weight is 237 g/mol. The molecule has 1 heterocycles. The van der Waals surface area contributed by atoms with Crippen LogP contribution in [0.2, 0.25) is 0 Å². The molecule has 1 aromatic heterocycles. The van der Waals surface area contributed by atoms with Crippen molar-refractivity contribution in [1.29, 1.82) is 0 Å². The third-order valence-electron chi connectivity index (χ3n) is 2.52. The number of aromatic nitrogens is 1. The molecule has 0 aliphatic heterocycles. The minimum Gasteiger partial charge on any atom is -0.389 e. The molecule has 0 saturated carbocycles. The number of pyridine rings is 1. The van der Waals surface area contributed by atoms with Gasteiger partial charge in [0.2, 0.25) is 0 Å². The Morgan fingerprint density at radius 1 is 1.44 bits per heavy atom. The highest BCUT2D eigenvalue weighted by molar-refractivity contribution is 7.80. The second kappa shape index (κ2) is 6.43. The molecule has 3 nitrogen and oxygen atoms in total. The summed E-state index contributed by atoms with van der Waals surface area (Å²) in [5, 5.41) is 0. The van der Waals surface area contributed by atoms with Gasteiger partial charge in [-0.05, 0) is 25.5 Å². The van der Waals surface area contributed by atoms with E-state index in [1.165, 1.54) is 12.8 Å². The first-order chi connectivity index (χ1) is 7.69. The van der Waals surface area contributed by atoms with Crippen molar-refractivity contribution in [3.05, 3.63) is 23.9 Å². The average Bonchev–Trinajstić information content (AvgIpc) is 2.30. The van der Waals surface area contributed by atoms with Crippen molar-refractivity contribution >= 4 is 23.0 Å². The smallest absolute Gasteiger partial charge is 0.128 e. The van der Waals surface area contributed by atoms with Gasteiger partial charge in [-0.15, -0.1) is 0 Å². The molecule has 1 rings (SSSR count). The van der Waals surface area contributed by atoms with Gasteiger partial charge in [-0.25, -0.2) is 4.98 Å². The van der Waals surface area contributed by atoms with Gasteiger partial charge >= 0.3 is 0 Å². The summed E-state index contributed by atoms with van der Waals surface area (Å²) in [5.74, 6) is 0.996. The molecular formula is C12H19N3S. The van der Waals surface area contributed by atoms with Gasteiger partial charge in [0.1, 0.15) is 10.8 Å². The van der Waals surface area contributed by atoms with Crippen LogP contribution in [0.5, 0.6) is 0 Å². The third kappa shape index (κ3) is 3.45. The van der Waals surface area contributed by atoms with E-state index in [1.54, 1.807) is 6.20 Å². The summed E-state index contributed by atoms with van der Waals surface area (Å²) in [6.45, 7) is 6.35. The predicted octanol–water partition coefficient (Wildman–Crippen LogP) is 2.34. The first-order valence-corrected chi connectivity index (χ1v) is 6.10. The molecule has 0 atom stereocenters. The predicted molar refractivity (Wildman–Crippen MR) is 72.9 cm³/mol. The van der Waals surface area contributed by atoms with E-state index in [0.29, 0.717) is 4.99 Å². The monoisotopic (exact) mass is 237 g/mol. The van der Waals surface area contributed by atoms with Crippen molar-refractivity contribution in [2.75, 3.05) is 18.0 Å². The molecule has 0 saturated heterocycles. The van der Waals surface area contributed by atoms with Crippen LogP contribution in [0.15, 0.2) is 18.3 Å². The van der Waals surface area contributed by atoms with Crippen molar-refractivity contribution in [2.24, 2.45) is 5.73 Å². The Hall–Kier alpha value is -1.16. The van der Waals surface area contributed by atoms with Crippen LogP contribution in [0.3, 0.4) is 0 Å². The maximum absolute atomic E-state index is 5.53. The fourth-order valence-corrected chi connectivity index (χ4v) is 1.62. The molecule has 88 valence electrons. The SMILES string of the molecule is CCCCN(CC)c1ccc(C(N)=S)cn1. The molecule has 16 heavy (non-hydrogen) atoms. The summed E-state index contributed by atoms with van der Waals surface area (Å²) in [5.41, 5.74) is 6.35. The van der Waals surface area contributed by atoms with Crippen molar-refractivity contribution < 1.29 is 0 Å². The van der Waals surface area contributed by atoms with E-state index in [0.717, 1.165) is 24.5 Å². The number of nitrogens with two attached hydrogens (primary N) is 1. The maximum Gasteiger partial charge on any atom is 0.128 e. The lowest BCUT2D eigenvalue weighted by molar-refractivity contribution is 0.724. The number of hydrogen-bond acceptors (Lipinski definition) is 3. The molecule has 4 heteroatoms. The van der Waals surface area contributed by atoms with Crippen molar-refractivity contribution in [2.45, 2.75) is 26.7 Å². The summed E-state index contributed by atoms with van der Waals surface area (Å²) in [4.78, 5) is 7.04. The van der Waals surface area contributed by atoms with Crippen LogP contribution in [0, 0.1) is 0 Å². The van der Waals surface area contributed by atoms with Gasteiger partial charge in [0.25, 0.3) is 0 Å². The van der Waals surface area contributed by atoms with Gasteiger partial charge < -0.3 is 10.6 Å². The molecule has 0 spiro atoms. The number of rotatable bonds is 6. The van der Waals surface area contributed by atoms with Crippen molar-refractivity contribution in [3.63, 3.8) is 0 Å². The summed E-state index contributed by atoms with van der Waals surface area (Å²) < 4.78 is 0. The highest BCUT2D eigenvalue weighted by Gasteiger charge is 2.05. The second-order valence-corrected chi connectivity index (χ2v) is 4.14. The third-order valence-corrected chi connectivity index (χ3v) is 2.76. The molecule has 0 bridgehead atoms. The van der Waals surface area contributed by atoms with Gasteiger partial charge in [0, 0.05) is 24.8 Å². The second-order valence-electron chi connectivity index (χ2n) is 3.70. The number of unbranched alkanes of at least 4 members (excludes halogenated alkanes) is 1. The Balaban J connectivity index is 2.74. The maximum atomic E-state index is 5.53. The Morgan fingerprint density at radius 3 is 2.62 bits per heavy atom. The van der Waals surface area contributed by atoms with Gasteiger partial charge in [0.15, 0.2) is 0 Å². The van der Waals surface area contributed by atoms with E-state index in [9.17, 15) is 0 Å². The van der Waals surface area contributed by atoms with E-state index in [1.807, 2.05) is 12.1 Å². The van der Waals surface area contributed by atoms with Crippen LogP contribution < -0.4 is 10.6 Å². The summed E-state index contributed by atoms with van der Waals surface area (Å²) in [6, 6.07) is 3.91. The number of nitrogens with zero attached hydrogens (tertiary/aromatic N) is 2. The zero-order valence-corrected chi connectivity index (χ0v) is 10.8. The molecule has 1 aromatic rings. The Bertz CT molecular complexity index is 335. The number of hydrogen-bond donors (Lipinski definition) is 1. The summed E-state index contributed by atoms with van der Waals surface area (Å²) in [6.07, 6.45) is 4.13. The lowest BCUT2D eigenvalue weighted by Gasteiger charge is -2.21. The molecule has 0 amide bonds. The summed E-state index contributed by atoms with van der Waals surface area (Å²) >= 11 is 4.89. The number of thiocarbonyl (C=S) groups is 1. The standard InChI is InChI=1S/C12H19N3S/c1-3-5-8-15(4-2)11-7-6-10(9-14-11)12(13)16/h6-7,9H,3-5,8H2,1-2H3,(H2,13,16). The zero-order chi connectivity index (χ0) is 12.0. The van der Waals surface area contributed by atoms with E-state index >= 15 is 0 Å². The molecule has 0 aliphatic rings. The Morgan fingerprint density at radius 2 is 2.19 bits per heavy atom. The molecule has 0 fully saturated rings. The highest BCUT2D eigenvalue weighted by Crippen LogP contribution is 2.12. The first-order valence-electron chi connectivity index (χ1n) is 5.69. The minimum absolute atomic E-state index is 0.399. The molecule has 2 N–H and O–H groups in total. The van der Waals surface area contributed by atoms with Gasteiger partial charge in [0.05, 0.1) is 0 Å². The molecule has 0 unspecified atom stereocenters. The Labute approximate surface area is 103 Å². The van der Waals surface area contributed by atoms with E-state index < -0.39 is 0 Å². The fraction of sp³-hybridized carbons (Fsp3) is 0.500. The summed E-state index contributed by atoms with van der Waals surface area (Å²) in [7, 11) is 0. The fourth-order valence-electron chi connectivity index (χ4n) is 1.50. The van der Waals surface area contributed by atoms with Crippen molar-refractivity contribution in [1.82, 2.24) is 4.98 Å². The van der Waals surface area contributed by atoms with Crippen LogP contribution >= 0.6 is 12.2 Å². The molecule has 0 aliphatic carbocycles. The zero-order valence-electron chi connectivity index (χ0n) is 9.94. The van der Waals surface area contributed by atoms with Crippen LogP contribution in [0.4, 0.5) is 5.82 Å². The van der Waals surface area contributed by atoms with Crippen LogP contribution in [-0.4, -0.2) is 23.1 Å². The largest absolute Gasteiger partial charge is 0.389 e. The van der Waals surface area contributed by atoms with E-state index in [2.05, 4.69) is 23.7 Å². The topological polar surface area (TPSA) is 42.1 Å². The number of anilines is 1. The Kier molecular flexibility index (Phi) is 5.19. The van der Waals surface area contributed by atoms with Crippen LogP contribution in [0.1, 0.15) is 32.3 Å². The molecule has 0 radical (unpaired) electrons.